The minimum absolute atomic E-state index is 0.0712. The fraction of sp³-hybridized carbons (Fsp3) is 0.645. The summed E-state index contributed by atoms with van der Waals surface area (Å²) in [6.07, 6.45) is 10.0. The molecule has 5 nitrogen and oxygen atoms in total. The van der Waals surface area contributed by atoms with Gasteiger partial charge in [-0.05, 0) is 87.0 Å². The first-order valence-electron chi connectivity index (χ1n) is 13.3. The molecule has 6 unspecified atom stereocenters. The van der Waals surface area contributed by atoms with Crippen molar-refractivity contribution in [2.75, 3.05) is 7.11 Å². The number of hydrogen-bond acceptors (Lipinski definition) is 4. The summed E-state index contributed by atoms with van der Waals surface area (Å²) < 4.78 is 4.98. The van der Waals surface area contributed by atoms with Gasteiger partial charge in [-0.15, -0.1) is 0 Å². The lowest BCUT2D eigenvalue weighted by atomic mass is 9.51. The molecule has 0 amide bonds. The van der Waals surface area contributed by atoms with Crippen LogP contribution in [0.1, 0.15) is 86.0 Å². The number of carboxylic acids is 1. The van der Waals surface area contributed by atoms with Crippen molar-refractivity contribution in [3.8, 4) is 0 Å². The summed E-state index contributed by atoms with van der Waals surface area (Å²) in [5.74, 6) is -0.667. The highest BCUT2D eigenvalue weighted by atomic mass is 16.5. The largest absolute Gasteiger partial charge is 0.478 e. The van der Waals surface area contributed by atoms with Crippen molar-refractivity contribution in [1.82, 2.24) is 0 Å². The van der Waals surface area contributed by atoms with Crippen LogP contribution in [0.25, 0.3) is 0 Å². The molecule has 3 aliphatic rings. The number of rotatable bonds is 9. The molecule has 0 heterocycles. The number of allylic oxidation sites excluding steroid dienone is 5. The smallest absolute Gasteiger partial charge is 0.331 e. The Morgan fingerprint density at radius 1 is 1.25 bits per heavy atom. The summed E-state index contributed by atoms with van der Waals surface area (Å²) in [5, 5.41) is 9.19. The van der Waals surface area contributed by atoms with Crippen LogP contribution in [0.2, 0.25) is 0 Å². The first-order valence-corrected chi connectivity index (χ1v) is 13.3. The third-order valence-corrected chi connectivity index (χ3v) is 10.4. The predicted molar refractivity (Wildman–Crippen MR) is 142 cm³/mol. The number of esters is 1. The van der Waals surface area contributed by atoms with Crippen LogP contribution in [0.4, 0.5) is 0 Å². The number of carbonyl (C=O) groups is 3. The van der Waals surface area contributed by atoms with Gasteiger partial charge in [-0.3, -0.25) is 9.59 Å². The molecule has 5 heteroatoms. The molecule has 6 atom stereocenters. The Morgan fingerprint density at radius 2 is 1.92 bits per heavy atom. The van der Waals surface area contributed by atoms with Gasteiger partial charge in [0.25, 0.3) is 0 Å². The highest BCUT2D eigenvalue weighted by molar-refractivity contribution is 5.98. The van der Waals surface area contributed by atoms with Crippen LogP contribution in [0.15, 0.2) is 47.6 Å². The topological polar surface area (TPSA) is 80.7 Å². The lowest BCUT2D eigenvalue weighted by molar-refractivity contribution is -0.141. The minimum atomic E-state index is -1.06. The molecule has 198 valence electrons. The quantitative estimate of drug-likeness (QED) is 0.215. The van der Waals surface area contributed by atoms with Crippen molar-refractivity contribution in [3.05, 3.63) is 47.6 Å². The van der Waals surface area contributed by atoms with Gasteiger partial charge in [0.2, 0.25) is 0 Å². The summed E-state index contributed by atoms with van der Waals surface area (Å²) in [7, 11) is 1.45. The van der Waals surface area contributed by atoms with Gasteiger partial charge in [-0.2, -0.15) is 0 Å². The number of ketones is 1. The molecule has 0 radical (unpaired) electrons. The van der Waals surface area contributed by atoms with Crippen molar-refractivity contribution < 1.29 is 24.2 Å². The Bertz CT molecular complexity index is 1030. The van der Waals surface area contributed by atoms with E-state index in [0.29, 0.717) is 24.7 Å². The van der Waals surface area contributed by atoms with Gasteiger partial charge < -0.3 is 9.84 Å². The SMILES string of the molecule is C=C(C)C1CC=C2C(CCC23C(=C)CCC3(C)C(C)CC(=O)C=C(C)C(=O)O)C1(C)CCC(=O)OC. The number of ether oxygens (including phenoxy) is 1. The predicted octanol–water partition coefficient (Wildman–Crippen LogP) is 6.85. The molecule has 0 aromatic heterocycles. The number of fused-ring (bicyclic) bond motifs is 2. The molecule has 1 N–H and O–H groups in total. The summed E-state index contributed by atoms with van der Waals surface area (Å²) in [5.41, 5.74) is 3.53. The Kier molecular flexibility index (Phi) is 7.93. The minimum Gasteiger partial charge on any atom is -0.478 e. The van der Waals surface area contributed by atoms with E-state index in [1.165, 1.54) is 31.3 Å². The zero-order valence-corrected chi connectivity index (χ0v) is 23.0. The second kappa shape index (κ2) is 10.1. The lowest BCUT2D eigenvalue weighted by Crippen LogP contribution is -2.45. The van der Waals surface area contributed by atoms with Crippen molar-refractivity contribution in [2.24, 2.45) is 34.0 Å². The first-order chi connectivity index (χ1) is 16.7. The standard InChI is InChI=1S/C31H44O5/c1-19(2)24-9-10-26-25(29(24,6)14-13-27(33)36-8)12-16-31(26)21(4)11-15-30(31,7)22(5)18-23(32)17-20(3)28(34)35/h10,17,22,24-25H,1,4,9,11-16,18H2,2-3,5-8H3,(H,34,35). The second-order valence-electron chi connectivity index (χ2n) is 12.1. The van der Waals surface area contributed by atoms with Crippen LogP contribution in [-0.4, -0.2) is 29.9 Å². The Morgan fingerprint density at radius 3 is 2.50 bits per heavy atom. The molecule has 3 rings (SSSR count). The van der Waals surface area contributed by atoms with Crippen LogP contribution in [-0.2, 0) is 19.1 Å². The van der Waals surface area contributed by atoms with Crippen molar-refractivity contribution in [1.29, 1.82) is 0 Å². The summed E-state index contributed by atoms with van der Waals surface area (Å²) in [4.78, 5) is 36.2. The van der Waals surface area contributed by atoms with E-state index in [1.807, 2.05) is 0 Å². The molecular weight excluding hydrogens is 452 g/mol. The lowest BCUT2D eigenvalue weighted by Gasteiger charge is -2.52. The van der Waals surface area contributed by atoms with Crippen LogP contribution in [0.5, 0.6) is 0 Å². The third-order valence-electron chi connectivity index (χ3n) is 10.4. The molecule has 0 aliphatic heterocycles. The Hall–Kier alpha value is -2.43. The van der Waals surface area contributed by atoms with E-state index in [2.05, 4.69) is 46.9 Å². The number of methoxy groups -OCH3 is 1. The summed E-state index contributed by atoms with van der Waals surface area (Å²) >= 11 is 0. The van der Waals surface area contributed by atoms with Gasteiger partial charge in [-0.1, -0.05) is 56.7 Å². The molecule has 0 aromatic rings. The fourth-order valence-corrected chi connectivity index (χ4v) is 8.10. The van der Waals surface area contributed by atoms with Gasteiger partial charge in [0.15, 0.2) is 5.78 Å². The normalized spacial score (nSPS) is 34.8. The summed E-state index contributed by atoms with van der Waals surface area (Å²) in [6.45, 7) is 19.3. The maximum Gasteiger partial charge on any atom is 0.331 e. The summed E-state index contributed by atoms with van der Waals surface area (Å²) in [6, 6.07) is 0. The number of carboxylic acid groups (broad SMARTS) is 1. The van der Waals surface area contributed by atoms with Crippen LogP contribution < -0.4 is 0 Å². The first kappa shape index (κ1) is 28.1. The number of carbonyl (C=O) groups excluding carboxylic acids is 2. The molecule has 0 bridgehead atoms. The molecule has 0 aromatic carbocycles. The number of hydrogen-bond donors (Lipinski definition) is 1. The Balaban J connectivity index is 1.99. The van der Waals surface area contributed by atoms with Crippen molar-refractivity contribution >= 4 is 17.7 Å². The van der Waals surface area contributed by atoms with E-state index < -0.39 is 5.97 Å². The molecule has 3 aliphatic carbocycles. The average molecular weight is 497 g/mol. The monoisotopic (exact) mass is 496 g/mol. The van der Waals surface area contributed by atoms with Crippen molar-refractivity contribution in [2.45, 2.75) is 86.0 Å². The van der Waals surface area contributed by atoms with E-state index in [9.17, 15) is 19.5 Å². The zero-order chi connectivity index (χ0) is 27.1. The van der Waals surface area contributed by atoms with Crippen LogP contribution in [0, 0.1) is 34.0 Å². The van der Waals surface area contributed by atoms with Gasteiger partial charge >= 0.3 is 11.9 Å². The van der Waals surface area contributed by atoms with Gasteiger partial charge in [-0.25, -0.2) is 4.79 Å². The van der Waals surface area contributed by atoms with E-state index in [4.69, 9.17) is 4.74 Å². The molecule has 0 saturated heterocycles. The average Bonchev–Trinajstić information content (AvgIpc) is 3.33. The molecular formula is C31H44O5. The van der Waals surface area contributed by atoms with Crippen LogP contribution >= 0.6 is 0 Å². The molecule has 2 saturated carbocycles. The van der Waals surface area contributed by atoms with E-state index in [-0.39, 0.29) is 39.5 Å². The number of aliphatic carboxylic acids is 1. The molecule has 1 spiro atoms. The zero-order valence-electron chi connectivity index (χ0n) is 23.0. The fourth-order valence-electron chi connectivity index (χ4n) is 8.10. The second-order valence-corrected chi connectivity index (χ2v) is 12.1. The maximum atomic E-state index is 12.8. The Labute approximate surface area is 216 Å². The van der Waals surface area contributed by atoms with Crippen molar-refractivity contribution in [3.63, 3.8) is 0 Å². The van der Waals surface area contributed by atoms with E-state index in [0.717, 1.165) is 44.1 Å². The van der Waals surface area contributed by atoms with Gasteiger partial charge in [0, 0.05) is 23.8 Å². The third kappa shape index (κ3) is 4.43. The maximum absolute atomic E-state index is 12.8. The van der Waals surface area contributed by atoms with Gasteiger partial charge in [0.05, 0.1) is 7.11 Å². The van der Waals surface area contributed by atoms with Crippen LogP contribution in [0.3, 0.4) is 0 Å². The van der Waals surface area contributed by atoms with Gasteiger partial charge in [0.1, 0.15) is 0 Å². The molecule has 36 heavy (non-hydrogen) atoms. The van der Waals surface area contributed by atoms with E-state index in [1.54, 1.807) is 0 Å². The van der Waals surface area contributed by atoms with E-state index >= 15 is 0 Å². The highest BCUT2D eigenvalue weighted by Gasteiger charge is 2.64. The molecule has 2 fully saturated rings. The highest BCUT2D eigenvalue weighted by Crippen LogP contribution is 2.73.